The summed E-state index contributed by atoms with van der Waals surface area (Å²) in [6.45, 7) is 0. The highest BCUT2D eigenvalue weighted by Gasteiger charge is 2.07. The van der Waals surface area contributed by atoms with Gasteiger partial charge in [-0.05, 0) is 24.3 Å². The lowest BCUT2D eigenvalue weighted by Gasteiger charge is -1.99. The number of hydrogen-bond donors (Lipinski definition) is 1. The molecule has 0 aliphatic heterocycles. The van der Waals surface area contributed by atoms with E-state index in [-0.39, 0.29) is 14.1 Å². The second-order valence-corrected chi connectivity index (χ2v) is 3.57. The van der Waals surface area contributed by atoms with Crippen LogP contribution in [0.4, 0.5) is 0 Å². The predicted octanol–water partition coefficient (Wildman–Crippen LogP) is 3.07. The summed E-state index contributed by atoms with van der Waals surface area (Å²) in [4.78, 5) is 14.3. The fourth-order valence-corrected chi connectivity index (χ4v) is 1.67. The van der Waals surface area contributed by atoms with Crippen molar-refractivity contribution in [1.29, 1.82) is 0 Å². The van der Waals surface area contributed by atoms with E-state index in [1.807, 2.05) is 18.3 Å². The number of aromatic nitrogens is 1. The smallest absolute Gasteiger partial charge is 0.341 e. The Morgan fingerprint density at radius 1 is 1.43 bits per heavy atom. The quantitative estimate of drug-likeness (QED) is 0.801. The molecular formula is C9H7ClNO2P. The zero-order valence-corrected chi connectivity index (χ0v) is 8.84. The first-order chi connectivity index (χ1) is 6.81. The molecule has 2 rings (SSSR count). The minimum Gasteiger partial charge on any atom is -0.428 e. The molecule has 2 aromatic rings. The van der Waals surface area contributed by atoms with E-state index < -0.39 is 0 Å². The molecule has 0 saturated heterocycles. The number of hydrogen-bond acceptors (Lipinski definition) is 2. The van der Waals surface area contributed by atoms with E-state index in [0.717, 1.165) is 10.9 Å². The Hall–Kier alpha value is -1.05. The number of rotatable bonds is 2. The van der Waals surface area contributed by atoms with Crippen molar-refractivity contribution in [3.8, 4) is 0 Å². The maximum atomic E-state index is 11.3. The van der Waals surface area contributed by atoms with Gasteiger partial charge in [-0.15, -0.1) is 0 Å². The van der Waals surface area contributed by atoms with Crippen LogP contribution < -0.4 is 0 Å². The molecule has 1 N–H and O–H groups in total. The summed E-state index contributed by atoms with van der Waals surface area (Å²) in [5.74, 6) is -0.388. The first-order valence-electron chi connectivity index (χ1n) is 3.95. The van der Waals surface area contributed by atoms with Crippen LogP contribution >= 0.6 is 19.4 Å². The van der Waals surface area contributed by atoms with Crippen molar-refractivity contribution in [3.63, 3.8) is 0 Å². The molecule has 3 nitrogen and oxygen atoms in total. The molecule has 0 fully saturated rings. The van der Waals surface area contributed by atoms with Gasteiger partial charge in [-0.25, -0.2) is 4.79 Å². The van der Waals surface area contributed by atoms with Gasteiger partial charge in [-0.2, -0.15) is 0 Å². The van der Waals surface area contributed by atoms with E-state index in [4.69, 9.17) is 15.8 Å². The molecule has 1 aromatic heterocycles. The predicted molar refractivity (Wildman–Crippen MR) is 57.9 cm³/mol. The van der Waals surface area contributed by atoms with Gasteiger partial charge in [0.2, 0.25) is 0 Å². The molecule has 0 spiro atoms. The van der Waals surface area contributed by atoms with Crippen LogP contribution in [0.5, 0.6) is 0 Å². The van der Waals surface area contributed by atoms with Gasteiger partial charge in [0.15, 0.2) is 8.16 Å². The number of nitrogens with one attached hydrogen (secondary N) is 1. The normalized spacial score (nSPS) is 11.2. The van der Waals surface area contributed by atoms with Crippen LogP contribution in [0.2, 0.25) is 0 Å². The summed E-state index contributed by atoms with van der Waals surface area (Å²) in [5, 5.41) is 0.984. The molecule has 5 heteroatoms. The maximum absolute atomic E-state index is 11.3. The van der Waals surface area contributed by atoms with Crippen LogP contribution in [0.3, 0.4) is 0 Å². The summed E-state index contributed by atoms with van der Waals surface area (Å²) < 4.78 is 4.70. The summed E-state index contributed by atoms with van der Waals surface area (Å²) in [6, 6.07) is 7.21. The van der Waals surface area contributed by atoms with E-state index in [2.05, 4.69) is 4.98 Å². The first-order valence-corrected chi connectivity index (χ1v) is 5.87. The minimum atomic E-state index is -0.388. The number of carbonyl (C=O) groups is 1. The Bertz CT molecular complexity index is 469. The molecule has 0 aliphatic carbocycles. The standard InChI is InChI=1S/C9H7ClNO2P/c10-14-13-9(12)7-1-2-8-6(5-7)3-4-11-8/h1-5,11,14H. The SMILES string of the molecule is O=C(OPCl)c1ccc2[nH]ccc2c1. The van der Waals surface area contributed by atoms with Crippen molar-refractivity contribution in [2.75, 3.05) is 0 Å². The number of H-pyrrole nitrogens is 1. The number of fused-ring (bicyclic) bond motifs is 1. The fourth-order valence-electron chi connectivity index (χ4n) is 1.27. The Kier molecular flexibility index (Phi) is 2.71. The van der Waals surface area contributed by atoms with Crippen LogP contribution in [0.1, 0.15) is 10.4 Å². The molecule has 1 atom stereocenters. The number of halogens is 1. The molecular weight excluding hydrogens is 221 g/mol. The van der Waals surface area contributed by atoms with Gasteiger partial charge in [0, 0.05) is 17.1 Å². The fraction of sp³-hybridized carbons (Fsp3) is 0. The summed E-state index contributed by atoms with van der Waals surface area (Å²) in [5.41, 5.74) is 1.51. The summed E-state index contributed by atoms with van der Waals surface area (Å²) in [7, 11) is -0.337. The first kappa shape index (κ1) is 9.50. The molecule has 0 aliphatic rings. The van der Waals surface area contributed by atoms with Crippen molar-refractivity contribution in [2.24, 2.45) is 0 Å². The Balaban J connectivity index is 2.38. The molecule has 1 aromatic carbocycles. The lowest BCUT2D eigenvalue weighted by molar-refractivity contribution is 0.0764. The van der Waals surface area contributed by atoms with Crippen molar-refractivity contribution in [2.45, 2.75) is 0 Å². The van der Waals surface area contributed by atoms with Crippen LogP contribution in [-0.2, 0) is 4.52 Å². The van der Waals surface area contributed by atoms with E-state index >= 15 is 0 Å². The molecule has 1 heterocycles. The minimum absolute atomic E-state index is 0.337. The van der Waals surface area contributed by atoms with E-state index in [1.54, 1.807) is 12.1 Å². The Morgan fingerprint density at radius 3 is 3.07 bits per heavy atom. The molecule has 14 heavy (non-hydrogen) atoms. The van der Waals surface area contributed by atoms with Crippen molar-refractivity contribution in [3.05, 3.63) is 36.0 Å². The van der Waals surface area contributed by atoms with E-state index in [0.29, 0.717) is 5.56 Å². The third kappa shape index (κ3) is 1.74. The number of benzene rings is 1. The van der Waals surface area contributed by atoms with Gasteiger partial charge in [0.1, 0.15) is 0 Å². The lowest BCUT2D eigenvalue weighted by atomic mass is 10.1. The topological polar surface area (TPSA) is 42.1 Å². The summed E-state index contributed by atoms with van der Waals surface area (Å²) in [6.07, 6.45) is 1.82. The summed E-state index contributed by atoms with van der Waals surface area (Å²) >= 11 is 5.32. The van der Waals surface area contributed by atoms with Gasteiger partial charge in [-0.1, -0.05) is 11.2 Å². The van der Waals surface area contributed by atoms with Gasteiger partial charge >= 0.3 is 5.97 Å². The van der Waals surface area contributed by atoms with Gasteiger partial charge in [0.25, 0.3) is 0 Å². The largest absolute Gasteiger partial charge is 0.428 e. The second kappa shape index (κ2) is 3.99. The molecule has 0 bridgehead atoms. The van der Waals surface area contributed by atoms with E-state index in [9.17, 15) is 4.79 Å². The molecule has 0 radical (unpaired) electrons. The number of aromatic amines is 1. The zero-order chi connectivity index (χ0) is 9.97. The van der Waals surface area contributed by atoms with Crippen LogP contribution in [-0.4, -0.2) is 11.0 Å². The Morgan fingerprint density at radius 2 is 2.29 bits per heavy atom. The van der Waals surface area contributed by atoms with Gasteiger partial charge < -0.3 is 9.51 Å². The second-order valence-electron chi connectivity index (χ2n) is 2.75. The Labute approximate surface area is 87.1 Å². The van der Waals surface area contributed by atoms with E-state index in [1.165, 1.54) is 0 Å². The van der Waals surface area contributed by atoms with Crippen LogP contribution in [0.15, 0.2) is 30.5 Å². The molecule has 0 amide bonds. The van der Waals surface area contributed by atoms with Crippen LogP contribution in [0, 0.1) is 0 Å². The van der Waals surface area contributed by atoms with Crippen LogP contribution in [0.25, 0.3) is 10.9 Å². The third-order valence-corrected chi connectivity index (χ3v) is 2.41. The number of carbonyl (C=O) groups excluding carboxylic acids is 1. The molecule has 72 valence electrons. The third-order valence-electron chi connectivity index (χ3n) is 1.92. The maximum Gasteiger partial charge on any atom is 0.341 e. The highest BCUT2D eigenvalue weighted by molar-refractivity contribution is 7.64. The zero-order valence-electron chi connectivity index (χ0n) is 7.08. The molecule has 1 unspecified atom stereocenters. The highest BCUT2D eigenvalue weighted by atomic mass is 35.7. The monoisotopic (exact) mass is 227 g/mol. The van der Waals surface area contributed by atoms with Crippen molar-refractivity contribution >= 4 is 36.3 Å². The molecule has 0 saturated carbocycles. The van der Waals surface area contributed by atoms with Crippen molar-refractivity contribution in [1.82, 2.24) is 4.98 Å². The average molecular weight is 228 g/mol. The average Bonchev–Trinajstić information content (AvgIpc) is 2.64. The van der Waals surface area contributed by atoms with Gasteiger partial charge in [0.05, 0.1) is 5.56 Å². The van der Waals surface area contributed by atoms with Crippen molar-refractivity contribution < 1.29 is 9.32 Å². The lowest BCUT2D eigenvalue weighted by Crippen LogP contribution is -1.97. The highest BCUT2D eigenvalue weighted by Crippen LogP contribution is 2.21. The van der Waals surface area contributed by atoms with Gasteiger partial charge in [-0.3, -0.25) is 0 Å².